The topological polar surface area (TPSA) is 54.2 Å². The molecule has 1 heterocycles. The fraction of sp³-hybridized carbons (Fsp3) is 0.474. The lowest BCUT2D eigenvalue weighted by Gasteiger charge is -2.33. The zero-order valence-electron chi connectivity index (χ0n) is 15.2. The van der Waals surface area contributed by atoms with E-state index in [1.165, 1.54) is 5.56 Å². The number of nitrogens with zero attached hydrogens (tertiary/aromatic N) is 3. The van der Waals surface area contributed by atoms with Gasteiger partial charge in [0.05, 0.1) is 12.2 Å². The number of guanidine groups is 1. The number of hydrogen-bond acceptors (Lipinski definition) is 2. The smallest absolute Gasteiger partial charge is 0.191 e. The number of aliphatic imine (C=N–C) groups is 1. The Kier molecular flexibility index (Phi) is 6.41. The van der Waals surface area contributed by atoms with Crippen molar-refractivity contribution < 1.29 is 0 Å². The fourth-order valence-electron chi connectivity index (χ4n) is 3.02. The summed E-state index contributed by atoms with van der Waals surface area (Å²) in [6.45, 7) is 6.07. The molecule has 0 radical (unpaired) electrons. The first kappa shape index (κ1) is 18.0. The van der Waals surface area contributed by atoms with Gasteiger partial charge in [0.15, 0.2) is 5.96 Å². The van der Waals surface area contributed by atoms with Crippen molar-refractivity contribution in [1.29, 1.82) is 0 Å². The molecule has 0 spiro atoms. The highest BCUT2D eigenvalue weighted by atomic mass is 15.3. The normalized spacial score (nSPS) is 12.2. The molecule has 2 aromatic rings. The van der Waals surface area contributed by atoms with Gasteiger partial charge in [0.1, 0.15) is 0 Å². The summed E-state index contributed by atoms with van der Waals surface area (Å²) in [6, 6.07) is 12.8. The van der Waals surface area contributed by atoms with E-state index in [0.29, 0.717) is 6.54 Å². The molecule has 1 aromatic heterocycles. The second-order valence-corrected chi connectivity index (χ2v) is 6.08. The maximum Gasteiger partial charge on any atom is 0.191 e. The van der Waals surface area contributed by atoms with Crippen LogP contribution in [0.25, 0.3) is 0 Å². The molecule has 0 aliphatic carbocycles. The lowest BCUT2D eigenvalue weighted by Crippen LogP contribution is -2.45. The van der Waals surface area contributed by atoms with E-state index < -0.39 is 0 Å². The number of aryl methyl sites for hydroxylation is 1. The Morgan fingerprint density at radius 3 is 2.38 bits per heavy atom. The predicted molar refractivity (Wildman–Crippen MR) is 100 cm³/mol. The third-order valence-corrected chi connectivity index (χ3v) is 4.92. The summed E-state index contributed by atoms with van der Waals surface area (Å²) in [6.07, 6.45) is 3.97. The summed E-state index contributed by atoms with van der Waals surface area (Å²) in [5.74, 6) is 0.818. The third kappa shape index (κ3) is 4.16. The van der Waals surface area contributed by atoms with Crippen LogP contribution >= 0.6 is 0 Å². The Hall–Kier alpha value is -2.30. The molecule has 0 bridgehead atoms. The molecule has 0 saturated carbocycles. The van der Waals surface area contributed by atoms with Crippen LogP contribution < -0.4 is 10.6 Å². The minimum atomic E-state index is 0.116. The second kappa shape index (κ2) is 8.52. The Bertz CT molecular complexity index is 641. The van der Waals surface area contributed by atoms with Gasteiger partial charge in [-0.15, -0.1) is 0 Å². The Labute approximate surface area is 145 Å². The average molecular weight is 327 g/mol. The summed E-state index contributed by atoms with van der Waals surface area (Å²) in [7, 11) is 3.75. The van der Waals surface area contributed by atoms with Crippen molar-refractivity contribution in [2.75, 3.05) is 13.6 Å². The monoisotopic (exact) mass is 327 g/mol. The van der Waals surface area contributed by atoms with Crippen LogP contribution in [0.2, 0.25) is 0 Å². The lowest BCUT2D eigenvalue weighted by molar-refractivity contribution is 0.389. The van der Waals surface area contributed by atoms with Crippen molar-refractivity contribution >= 4 is 5.96 Å². The number of benzene rings is 1. The van der Waals surface area contributed by atoms with E-state index in [1.54, 1.807) is 7.05 Å². The van der Waals surface area contributed by atoms with E-state index >= 15 is 0 Å². The summed E-state index contributed by atoms with van der Waals surface area (Å²) >= 11 is 0. The maximum atomic E-state index is 4.35. The van der Waals surface area contributed by atoms with Gasteiger partial charge in [-0.1, -0.05) is 44.2 Å². The van der Waals surface area contributed by atoms with E-state index in [1.807, 2.05) is 24.0 Å². The molecule has 1 aromatic carbocycles. The first-order valence-corrected chi connectivity index (χ1v) is 8.62. The van der Waals surface area contributed by atoms with Crippen LogP contribution in [0.3, 0.4) is 0 Å². The highest BCUT2D eigenvalue weighted by Crippen LogP contribution is 2.30. The van der Waals surface area contributed by atoms with Gasteiger partial charge in [0, 0.05) is 32.3 Å². The van der Waals surface area contributed by atoms with Gasteiger partial charge in [0.25, 0.3) is 0 Å². The molecule has 0 fully saturated rings. The highest BCUT2D eigenvalue weighted by Gasteiger charge is 2.28. The molecule has 0 saturated heterocycles. The first-order chi connectivity index (χ1) is 11.6. The summed E-state index contributed by atoms with van der Waals surface area (Å²) in [5.41, 5.74) is 2.62. The van der Waals surface area contributed by atoms with Crippen LogP contribution in [0, 0.1) is 0 Å². The van der Waals surface area contributed by atoms with Crippen molar-refractivity contribution in [2.24, 2.45) is 12.0 Å². The van der Waals surface area contributed by atoms with Crippen LogP contribution in [-0.2, 0) is 19.0 Å². The quantitative estimate of drug-likeness (QED) is 0.607. The van der Waals surface area contributed by atoms with Crippen LogP contribution in [0.1, 0.15) is 37.9 Å². The van der Waals surface area contributed by atoms with Crippen molar-refractivity contribution in [1.82, 2.24) is 20.4 Å². The van der Waals surface area contributed by atoms with E-state index in [9.17, 15) is 0 Å². The molecule has 130 valence electrons. The lowest BCUT2D eigenvalue weighted by atomic mass is 9.76. The molecule has 2 N–H and O–H groups in total. The standard InChI is InChI=1S/C19H29N5/c1-5-19(6-2,16-10-8-7-9-11-16)15-22-18(20-3)21-14-17-12-13-23-24(17)4/h7-13H,5-6,14-15H2,1-4H3,(H2,20,21,22). The molecule has 2 rings (SSSR count). The molecule has 5 nitrogen and oxygen atoms in total. The summed E-state index contributed by atoms with van der Waals surface area (Å²) in [5, 5.41) is 11.1. The van der Waals surface area contributed by atoms with Crippen LogP contribution in [0.15, 0.2) is 47.6 Å². The van der Waals surface area contributed by atoms with Gasteiger partial charge in [0.2, 0.25) is 0 Å². The first-order valence-electron chi connectivity index (χ1n) is 8.62. The molecule has 0 amide bonds. The third-order valence-electron chi connectivity index (χ3n) is 4.92. The zero-order valence-corrected chi connectivity index (χ0v) is 15.2. The maximum absolute atomic E-state index is 4.35. The van der Waals surface area contributed by atoms with Gasteiger partial charge in [-0.2, -0.15) is 5.10 Å². The van der Waals surface area contributed by atoms with Crippen molar-refractivity contribution in [3.8, 4) is 0 Å². The molecule has 24 heavy (non-hydrogen) atoms. The summed E-state index contributed by atoms with van der Waals surface area (Å²) < 4.78 is 1.87. The second-order valence-electron chi connectivity index (χ2n) is 6.08. The molecular formula is C19H29N5. The number of aromatic nitrogens is 2. The average Bonchev–Trinajstić information content (AvgIpc) is 3.04. The Morgan fingerprint density at radius 1 is 1.12 bits per heavy atom. The number of rotatable bonds is 7. The SMILES string of the molecule is CCC(CC)(CNC(=NC)NCc1ccnn1C)c1ccccc1. The molecule has 5 heteroatoms. The van der Waals surface area contributed by atoms with Crippen molar-refractivity contribution in [2.45, 2.75) is 38.6 Å². The Balaban J connectivity index is 2.01. The van der Waals surface area contributed by atoms with E-state index in [-0.39, 0.29) is 5.41 Å². The molecule has 0 aliphatic heterocycles. The van der Waals surface area contributed by atoms with Gasteiger partial charge in [-0.3, -0.25) is 9.67 Å². The van der Waals surface area contributed by atoms with Gasteiger partial charge < -0.3 is 10.6 Å². The van der Waals surface area contributed by atoms with E-state index in [4.69, 9.17) is 0 Å². The van der Waals surface area contributed by atoms with Gasteiger partial charge >= 0.3 is 0 Å². The van der Waals surface area contributed by atoms with Crippen LogP contribution in [0.5, 0.6) is 0 Å². The summed E-state index contributed by atoms with van der Waals surface area (Å²) in [4.78, 5) is 4.35. The minimum absolute atomic E-state index is 0.116. The molecular weight excluding hydrogens is 298 g/mol. The molecule has 0 aliphatic rings. The number of nitrogens with one attached hydrogen (secondary N) is 2. The largest absolute Gasteiger partial charge is 0.356 e. The van der Waals surface area contributed by atoms with Crippen LogP contribution in [-0.4, -0.2) is 29.3 Å². The Morgan fingerprint density at radius 2 is 1.83 bits per heavy atom. The van der Waals surface area contributed by atoms with Gasteiger partial charge in [-0.05, 0) is 24.5 Å². The highest BCUT2D eigenvalue weighted by molar-refractivity contribution is 5.79. The predicted octanol–water partition coefficient (Wildman–Crippen LogP) is 2.84. The van der Waals surface area contributed by atoms with Crippen molar-refractivity contribution in [3.05, 3.63) is 53.9 Å². The zero-order chi connectivity index (χ0) is 17.4. The van der Waals surface area contributed by atoms with E-state index in [2.05, 4.69) is 64.9 Å². The van der Waals surface area contributed by atoms with Crippen molar-refractivity contribution in [3.63, 3.8) is 0 Å². The molecule has 0 atom stereocenters. The fourth-order valence-corrected chi connectivity index (χ4v) is 3.02. The number of hydrogen-bond donors (Lipinski definition) is 2. The van der Waals surface area contributed by atoms with Crippen LogP contribution in [0.4, 0.5) is 0 Å². The molecule has 0 unspecified atom stereocenters. The van der Waals surface area contributed by atoms with E-state index in [0.717, 1.165) is 31.0 Å². The minimum Gasteiger partial charge on any atom is -0.356 e. The van der Waals surface area contributed by atoms with Gasteiger partial charge in [-0.25, -0.2) is 0 Å².